The van der Waals surface area contributed by atoms with Gasteiger partial charge >= 0.3 is 0 Å². The molecule has 0 fully saturated rings. The van der Waals surface area contributed by atoms with Crippen LogP contribution in [0, 0.1) is 22.7 Å². The summed E-state index contributed by atoms with van der Waals surface area (Å²) in [6.07, 6.45) is 2.76. The minimum Gasteiger partial charge on any atom is -0.315 e. The number of nitriles is 1. The highest BCUT2D eigenvalue weighted by molar-refractivity contribution is 7.16. The molecule has 30 heavy (non-hydrogen) atoms. The summed E-state index contributed by atoms with van der Waals surface area (Å²) in [4.78, 5) is 39.5. The number of hydrogen-bond acceptors (Lipinski definition) is 5. The zero-order valence-electron chi connectivity index (χ0n) is 17.2. The van der Waals surface area contributed by atoms with Crippen LogP contribution in [0.1, 0.15) is 53.6 Å². The number of carbonyl (C=O) groups is 3. The van der Waals surface area contributed by atoms with E-state index in [1.165, 1.54) is 16.2 Å². The van der Waals surface area contributed by atoms with Gasteiger partial charge in [-0.15, -0.1) is 11.3 Å². The Morgan fingerprint density at radius 1 is 1.30 bits per heavy atom. The fourth-order valence-electron chi connectivity index (χ4n) is 4.25. The van der Waals surface area contributed by atoms with E-state index in [0.717, 1.165) is 29.7 Å². The number of nitrogens with one attached hydrogen (secondary N) is 1. The van der Waals surface area contributed by atoms with Crippen molar-refractivity contribution in [1.29, 1.82) is 5.26 Å². The molecule has 7 heteroatoms. The molecule has 0 saturated heterocycles. The van der Waals surface area contributed by atoms with Crippen molar-refractivity contribution >= 4 is 39.6 Å². The van der Waals surface area contributed by atoms with Gasteiger partial charge < -0.3 is 5.32 Å². The monoisotopic (exact) mass is 421 g/mol. The van der Waals surface area contributed by atoms with Crippen LogP contribution in [0.4, 0.5) is 10.7 Å². The molecule has 4 rings (SSSR count). The predicted molar refractivity (Wildman–Crippen MR) is 116 cm³/mol. The zero-order chi connectivity index (χ0) is 21.6. The average Bonchev–Trinajstić information content (AvgIpc) is 3.16. The molecular weight excluding hydrogens is 398 g/mol. The van der Waals surface area contributed by atoms with E-state index in [9.17, 15) is 19.6 Å². The van der Waals surface area contributed by atoms with E-state index in [2.05, 4.69) is 32.2 Å². The van der Waals surface area contributed by atoms with Gasteiger partial charge in [-0.25, -0.2) is 0 Å². The third kappa shape index (κ3) is 3.41. The molecule has 1 aliphatic carbocycles. The van der Waals surface area contributed by atoms with E-state index in [1.54, 1.807) is 24.3 Å². The summed E-state index contributed by atoms with van der Waals surface area (Å²) in [6.45, 7) is 6.43. The van der Waals surface area contributed by atoms with Gasteiger partial charge in [0.15, 0.2) is 0 Å². The minimum absolute atomic E-state index is 0.188. The number of nitrogens with zero attached hydrogens (tertiary/aromatic N) is 2. The number of Topliss-reactive ketones (excluding diaryl/α,β-unsaturated/α-hetero) is 1. The van der Waals surface area contributed by atoms with E-state index < -0.39 is 17.6 Å². The van der Waals surface area contributed by atoms with Gasteiger partial charge in [-0.05, 0) is 48.3 Å². The SMILES string of the molecule is CC(C)(C)[C@H]1CCc2c(sc(NC(=O)CN3C(=O)C(=O)c4ccccc43)c2C#N)C1. The molecule has 6 nitrogen and oxygen atoms in total. The molecule has 0 radical (unpaired) electrons. The lowest BCUT2D eigenvalue weighted by Crippen LogP contribution is -2.37. The summed E-state index contributed by atoms with van der Waals surface area (Å²) in [5.74, 6) is -1.19. The van der Waals surface area contributed by atoms with Gasteiger partial charge in [0, 0.05) is 4.88 Å². The number of hydrogen-bond donors (Lipinski definition) is 1. The Labute approximate surface area is 179 Å². The van der Waals surface area contributed by atoms with Crippen LogP contribution in [0.15, 0.2) is 24.3 Å². The van der Waals surface area contributed by atoms with Crippen LogP contribution in [0.3, 0.4) is 0 Å². The molecule has 1 aliphatic heterocycles. The Kier molecular flexibility index (Phi) is 4.99. The van der Waals surface area contributed by atoms with E-state index in [-0.39, 0.29) is 12.0 Å². The molecule has 0 saturated carbocycles. The lowest BCUT2D eigenvalue weighted by atomic mass is 9.72. The number of thiophene rings is 1. The summed E-state index contributed by atoms with van der Waals surface area (Å²) < 4.78 is 0. The third-order valence-corrected chi connectivity index (χ3v) is 7.21. The molecule has 154 valence electrons. The maximum Gasteiger partial charge on any atom is 0.299 e. The Balaban J connectivity index is 1.54. The largest absolute Gasteiger partial charge is 0.315 e. The van der Waals surface area contributed by atoms with Crippen molar-refractivity contribution in [3.63, 3.8) is 0 Å². The first-order chi connectivity index (χ1) is 14.2. The Hall–Kier alpha value is -2.98. The number of benzene rings is 1. The number of amides is 2. The van der Waals surface area contributed by atoms with E-state index in [1.807, 2.05) is 0 Å². The summed E-state index contributed by atoms with van der Waals surface area (Å²) >= 11 is 1.45. The number of carbonyl (C=O) groups excluding carboxylic acids is 3. The van der Waals surface area contributed by atoms with Gasteiger partial charge in [0.05, 0.1) is 16.8 Å². The van der Waals surface area contributed by atoms with Gasteiger partial charge in [-0.1, -0.05) is 32.9 Å². The van der Waals surface area contributed by atoms with Crippen molar-refractivity contribution in [1.82, 2.24) is 0 Å². The quantitative estimate of drug-likeness (QED) is 0.760. The molecule has 1 N–H and O–H groups in total. The van der Waals surface area contributed by atoms with Crippen LogP contribution in [0.5, 0.6) is 0 Å². The molecule has 0 spiro atoms. The van der Waals surface area contributed by atoms with Crippen LogP contribution >= 0.6 is 11.3 Å². The normalized spacial score (nSPS) is 18.1. The van der Waals surface area contributed by atoms with Crippen LogP contribution in [-0.4, -0.2) is 24.1 Å². The highest BCUT2D eigenvalue weighted by Gasteiger charge is 2.37. The van der Waals surface area contributed by atoms with Crippen molar-refractivity contribution in [2.24, 2.45) is 11.3 Å². The first-order valence-electron chi connectivity index (χ1n) is 10.0. The predicted octanol–water partition coefficient (Wildman–Crippen LogP) is 3.94. The van der Waals surface area contributed by atoms with Crippen LogP contribution in [-0.2, 0) is 22.4 Å². The van der Waals surface area contributed by atoms with Crippen LogP contribution < -0.4 is 10.2 Å². The lowest BCUT2D eigenvalue weighted by Gasteiger charge is -2.33. The maximum atomic E-state index is 12.7. The van der Waals surface area contributed by atoms with Crippen LogP contribution in [0.25, 0.3) is 0 Å². The first-order valence-corrected chi connectivity index (χ1v) is 10.8. The van der Waals surface area contributed by atoms with Crippen molar-refractivity contribution in [2.75, 3.05) is 16.8 Å². The summed E-state index contributed by atoms with van der Waals surface area (Å²) in [6, 6.07) is 8.90. The zero-order valence-corrected chi connectivity index (χ0v) is 18.1. The second-order valence-corrected chi connectivity index (χ2v) is 10.0. The van der Waals surface area contributed by atoms with E-state index in [0.29, 0.717) is 27.7 Å². The fraction of sp³-hybridized carbons (Fsp3) is 0.391. The number of ketones is 1. The van der Waals surface area contributed by atoms with Crippen molar-refractivity contribution < 1.29 is 14.4 Å². The fourth-order valence-corrected chi connectivity index (χ4v) is 5.54. The molecule has 1 aromatic heterocycles. The number of anilines is 2. The van der Waals surface area contributed by atoms with E-state index in [4.69, 9.17) is 0 Å². The molecule has 2 amide bonds. The highest BCUT2D eigenvalue weighted by Crippen LogP contribution is 2.44. The first kappa shape index (κ1) is 20.3. The second kappa shape index (κ2) is 7.37. The van der Waals surface area contributed by atoms with Gasteiger partial charge in [0.25, 0.3) is 11.7 Å². The molecule has 0 bridgehead atoms. The third-order valence-electron chi connectivity index (χ3n) is 6.04. The molecule has 2 aliphatic rings. The van der Waals surface area contributed by atoms with Crippen molar-refractivity contribution in [2.45, 2.75) is 40.0 Å². The Morgan fingerprint density at radius 2 is 2.03 bits per heavy atom. The smallest absolute Gasteiger partial charge is 0.299 e. The standard InChI is InChI=1S/C23H23N3O3S/c1-23(2,3)13-8-9-14-16(11-24)21(30-18(14)10-13)25-19(27)12-26-17-7-5-4-6-15(17)20(28)22(26)29/h4-7,13H,8-10,12H2,1-3H3,(H,25,27)/t13-/m0/s1. The molecule has 0 unspecified atom stereocenters. The number of rotatable bonds is 3. The number of fused-ring (bicyclic) bond motifs is 2. The molecular formula is C23H23N3O3S. The second-order valence-electron chi connectivity index (χ2n) is 8.91. The molecule has 1 aromatic carbocycles. The van der Waals surface area contributed by atoms with Gasteiger partial charge in [0.2, 0.25) is 5.91 Å². The lowest BCUT2D eigenvalue weighted by molar-refractivity contribution is -0.118. The number of para-hydroxylation sites is 1. The summed E-state index contributed by atoms with van der Waals surface area (Å²) in [5.41, 5.74) is 2.51. The van der Waals surface area contributed by atoms with Gasteiger partial charge in [-0.2, -0.15) is 5.26 Å². The molecule has 1 atom stereocenters. The average molecular weight is 422 g/mol. The Bertz CT molecular complexity index is 1100. The van der Waals surface area contributed by atoms with Gasteiger partial charge in [0.1, 0.15) is 17.6 Å². The maximum absolute atomic E-state index is 12.7. The summed E-state index contributed by atoms with van der Waals surface area (Å²) in [7, 11) is 0. The van der Waals surface area contributed by atoms with Gasteiger partial charge in [-0.3, -0.25) is 19.3 Å². The highest BCUT2D eigenvalue weighted by atomic mass is 32.1. The minimum atomic E-state index is -0.703. The molecule has 2 aromatic rings. The van der Waals surface area contributed by atoms with E-state index >= 15 is 0 Å². The van der Waals surface area contributed by atoms with Crippen molar-refractivity contribution in [3.05, 3.63) is 45.8 Å². The topological polar surface area (TPSA) is 90.3 Å². The Morgan fingerprint density at radius 3 is 2.73 bits per heavy atom. The van der Waals surface area contributed by atoms with Crippen molar-refractivity contribution in [3.8, 4) is 6.07 Å². The van der Waals surface area contributed by atoms with Crippen LogP contribution in [0.2, 0.25) is 0 Å². The molecule has 2 heterocycles. The summed E-state index contributed by atoms with van der Waals surface area (Å²) in [5, 5.41) is 13.0.